The fraction of sp³-hybridized carbons (Fsp3) is 0.0952. The molecule has 2 N–H and O–H groups in total. The molecule has 3 aromatic rings. The summed E-state index contributed by atoms with van der Waals surface area (Å²) in [6.07, 6.45) is 1.29. The van der Waals surface area contributed by atoms with E-state index in [-0.39, 0.29) is 10.6 Å². The minimum atomic E-state index is -4.05. The Balaban J connectivity index is 1.86. The summed E-state index contributed by atoms with van der Waals surface area (Å²) in [7, 11) is -4.05. The van der Waals surface area contributed by atoms with E-state index >= 15 is 0 Å². The number of nitrogens with zero attached hydrogens (tertiary/aromatic N) is 2. The molecule has 0 heterocycles. The van der Waals surface area contributed by atoms with Gasteiger partial charge in [-0.25, -0.2) is 12.8 Å². The number of nitro benzene ring substituents is 1. The van der Waals surface area contributed by atoms with Crippen LogP contribution in [-0.2, 0) is 10.0 Å². The van der Waals surface area contributed by atoms with Gasteiger partial charge < -0.3 is 0 Å². The predicted molar refractivity (Wildman–Crippen MR) is 117 cm³/mol. The van der Waals surface area contributed by atoms with E-state index in [0.29, 0.717) is 11.3 Å². The van der Waals surface area contributed by atoms with E-state index in [1.54, 1.807) is 25.1 Å². The number of hydrogen-bond acceptors (Lipinski definition) is 6. The first-order valence-corrected chi connectivity index (χ1v) is 10.6. The van der Waals surface area contributed by atoms with Gasteiger partial charge in [-0.1, -0.05) is 29.8 Å². The molecule has 0 aliphatic heterocycles. The van der Waals surface area contributed by atoms with Crippen LogP contribution in [0.25, 0.3) is 0 Å². The second-order valence-electron chi connectivity index (χ2n) is 6.78. The Morgan fingerprint density at radius 3 is 2.45 bits per heavy atom. The zero-order valence-corrected chi connectivity index (χ0v) is 17.5. The summed E-state index contributed by atoms with van der Waals surface area (Å²) in [5, 5.41) is 15.3. The van der Waals surface area contributed by atoms with E-state index in [4.69, 9.17) is 0 Å². The third kappa shape index (κ3) is 5.43. The second-order valence-corrected chi connectivity index (χ2v) is 8.47. The number of anilines is 2. The summed E-state index contributed by atoms with van der Waals surface area (Å²) in [6.45, 7) is 3.65. The maximum Gasteiger partial charge on any atom is 0.295 e. The number of rotatable bonds is 7. The third-order valence-corrected chi connectivity index (χ3v) is 5.71. The Labute approximate surface area is 178 Å². The number of hydrazone groups is 1. The lowest BCUT2D eigenvalue weighted by Gasteiger charge is -2.12. The molecule has 0 saturated carbocycles. The van der Waals surface area contributed by atoms with Crippen LogP contribution in [0.4, 0.5) is 21.5 Å². The normalized spacial score (nSPS) is 11.5. The molecule has 0 bridgehead atoms. The first-order valence-electron chi connectivity index (χ1n) is 9.09. The summed E-state index contributed by atoms with van der Waals surface area (Å²) in [6, 6.07) is 14.3. The number of nitrogens with one attached hydrogen (secondary N) is 2. The topological polar surface area (TPSA) is 114 Å². The van der Waals surface area contributed by atoms with Crippen LogP contribution in [0.3, 0.4) is 0 Å². The van der Waals surface area contributed by atoms with E-state index in [2.05, 4.69) is 15.2 Å². The van der Waals surface area contributed by atoms with Crippen molar-refractivity contribution in [2.75, 3.05) is 10.1 Å². The molecule has 0 aromatic heterocycles. The third-order valence-electron chi connectivity index (χ3n) is 4.35. The van der Waals surface area contributed by atoms with Gasteiger partial charge >= 0.3 is 0 Å². The Hall–Kier alpha value is -3.79. The SMILES string of the molecule is Cc1ccc(NS(=O)(=O)c2ccc(NN=Cc3cccc(F)c3)c([N+](=O)[O-])c2)c(C)c1. The van der Waals surface area contributed by atoms with Crippen LogP contribution in [0, 0.1) is 29.8 Å². The van der Waals surface area contributed by atoms with E-state index in [1.165, 1.54) is 36.5 Å². The maximum atomic E-state index is 13.2. The smallest absolute Gasteiger partial charge is 0.279 e. The number of benzene rings is 3. The van der Waals surface area contributed by atoms with Gasteiger partial charge in [-0.2, -0.15) is 5.10 Å². The molecule has 0 aliphatic rings. The average Bonchev–Trinajstić information content (AvgIpc) is 2.70. The average molecular weight is 442 g/mol. The van der Waals surface area contributed by atoms with Gasteiger partial charge in [-0.3, -0.25) is 20.3 Å². The van der Waals surface area contributed by atoms with E-state index in [1.807, 2.05) is 13.0 Å². The first-order chi connectivity index (χ1) is 14.7. The van der Waals surface area contributed by atoms with Crippen LogP contribution >= 0.6 is 0 Å². The molecule has 0 spiro atoms. The summed E-state index contributed by atoms with van der Waals surface area (Å²) < 4.78 is 41.1. The molecular formula is C21H19FN4O4S. The highest BCUT2D eigenvalue weighted by molar-refractivity contribution is 7.92. The summed E-state index contributed by atoms with van der Waals surface area (Å²) in [5.41, 5.74) is 4.55. The van der Waals surface area contributed by atoms with Crippen molar-refractivity contribution >= 4 is 33.3 Å². The van der Waals surface area contributed by atoms with Crippen LogP contribution in [0.15, 0.2) is 70.7 Å². The number of aryl methyl sites for hydroxylation is 2. The molecule has 0 unspecified atom stereocenters. The van der Waals surface area contributed by atoms with Crippen molar-refractivity contribution in [3.05, 3.63) is 93.3 Å². The number of hydrogen-bond donors (Lipinski definition) is 2. The van der Waals surface area contributed by atoms with Gasteiger partial charge in [-0.05, 0) is 55.3 Å². The highest BCUT2D eigenvalue weighted by Crippen LogP contribution is 2.29. The molecule has 31 heavy (non-hydrogen) atoms. The molecule has 0 atom stereocenters. The van der Waals surface area contributed by atoms with Gasteiger partial charge in [0.15, 0.2) is 0 Å². The van der Waals surface area contributed by atoms with Crippen molar-refractivity contribution in [1.82, 2.24) is 0 Å². The molecular weight excluding hydrogens is 423 g/mol. The summed E-state index contributed by atoms with van der Waals surface area (Å²) in [5.74, 6) is -0.444. The lowest BCUT2D eigenvalue weighted by Crippen LogP contribution is -2.14. The lowest BCUT2D eigenvalue weighted by molar-refractivity contribution is -0.384. The van der Waals surface area contributed by atoms with Crippen molar-refractivity contribution in [3.8, 4) is 0 Å². The van der Waals surface area contributed by atoms with Gasteiger partial charge in [0, 0.05) is 6.07 Å². The lowest BCUT2D eigenvalue weighted by atomic mass is 10.1. The summed E-state index contributed by atoms with van der Waals surface area (Å²) in [4.78, 5) is 10.5. The number of sulfonamides is 1. The zero-order valence-electron chi connectivity index (χ0n) is 16.7. The Bertz CT molecular complexity index is 1280. The first kappa shape index (κ1) is 21.9. The maximum absolute atomic E-state index is 13.2. The predicted octanol–water partition coefficient (Wildman–Crippen LogP) is 4.60. The van der Waals surface area contributed by atoms with Crippen LogP contribution < -0.4 is 10.1 Å². The zero-order chi connectivity index (χ0) is 22.6. The molecule has 10 heteroatoms. The molecule has 0 amide bonds. The second kappa shape index (κ2) is 8.92. The Morgan fingerprint density at radius 2 is 1.77 bits per heavy atom. The summed E-state index contributed by atoms with van der Waals surface area (Å²) >= 11 is 0. The monoisotopic (exact) mass is 442 g/mol. The molecule has 0 radical (unpaired) electrons. The van der Waals surface area contributed by atoms with E-state index in [9.17, 15) is 22.9 Å². The van der Waals surface area contributed by atoms with Crippen LogP contribution in [0.2, 0.25) is 0 Å². The highest BCUT2D eigenvalue weighted by Gasteiger charge is 2.22. The minimum absolute atomic E-state index is 0.0110. The minimum Gasteiger partial charge on any atom is -0.279 e. The van der Waals surface area contributed by atoms with Crippen molar-refractivity contribution in [1.29, 1.82) is 0 Å². The van der Waals surface area contributed by atoms with Crippen molar-refractivity contribution in [3.63, 3.8) is 0 Å². The van der Waals surface area contributed by atoms with E-state index < -0.39 is 26.5 Å². The van der Waals surface area contributed by atoms with Gasteiger partial charge in [0.05, 0.1) is 21.7 Å². The molecule has 160 valence electrons. The molecule has 3 rings (SSSR count). The van der Waals surface area contributed by atoms with Gasteiger partial charge in [0.25, 0.3) is 15.7 Å². The fourth-order valence-electron chi connectivity index (χ4n) is 2.82. The van der Waals surface area contributed by atoms with Crippen LogP contribution in [-0.4, -0.2) is 19.6 Å². The molecule has 8 nitrogen and oxygen atoms in total. The molecule has 3 aromatic carbocycles. The quantitative estimate of drug-likeness (QED) is 0.315. The standard InChI is InChI=1S/C21H19FN4O4S/c1-14-6-8-19(15(2)10-14)25-31(29,30)18-7-9-20(21(12-18)26(27)28)24-23-13-16-4-3-5-17(22)11-16/h3-13,24-25H,1-2H3. The fourth-order valence-corrected chi connectivity index (χ4v) is 3.97. The van der Waals surface area contributed by atoms with E-state index in [0.717, 1.165) is 17.2 Å². The van der Waals surface area contributed by atoms with Crippen molar-refractivity contribution < 1.29 is 17.7 Å². The van der Waals surface area contributed by atoms with Crippen molar-refractivity contribution in [2.24, 2.45) is 5.10 Å². The van der Waals surface area contributed by atoms with Crippen LogP contribution in [0.1, 0.15) is 16.7 Å². The van der Waals surface area contributed by atoms with Gasteiger partial charge in [-0.15, -0.1) is 0 Å². The van der Waals surface area contributed by atoms with Gasteiger partial charge in [0.1, 0.15) is 11.5 Å². The Kier molecular flexibility index (Phi) is 6.30. The molecule has 0 saturated heterocycles. The van der Waals surface area contributed by atoms with Gasteiger partial charge in [0.2, 0.25) is 0 Å². The Morgan fingerprint density at radius 1 is 1.03 bits per heavy atom. The van der Waals surface area contributed by atoms with Crippen molar-refractivity contribution in [2.45, 2.75) is 18.7 Å². The highest BCUT2D eigenvalue weighted by atomic mass is 32.2. The largest absolute Gasteiger partial charge is 0.295 e. The molecule has 0 fully saturated rings. The van der Waals surface area contributed by atoms with Crippen LogP contribution in [0.5, 0.6) is 0 Å². The number of nitro groups is 1. The number of halogens is 1. The molecule has 0 aliphatic carbocycles.